The van der Waals surface area contributed by atoms with Crippen LogP contribution in [0.3, 0.4) is 0 Å². The fourth-order valence-corrected chi connectivity index (χ4v) is 1.72. The molecule has 0 aromatic heterocycles. The van der Waals surface area contributed by atoms with E-state index >= 15 is 0 Å². The Balaban J connectivity index is 2.38. The first-order valence-electron chi connectivity index (χ1n) is 5.80. The maximum Gasteiger partial charge on any atom is 0.240 e. The molecule has 1 N–H and O–H groups in total. The van der Waals surface area contributed by atoms with Crippen molar-refractivity contribution in [1.82, 2.24) is 10.2 Å². The van der Waals surface area contributed by atoms with Crippen LogP contribution in [-0.2, 0) is 4.79 Å². The largest absolute Gasteiger partial charge is 0.338 e. The van der Waals surface area contributed by atoms with Gasteiger partial charge in [0.1, 0.15) is 0 Å². The van der Waals surface area contributed by atoms with Gasteiger partial charge in [-0.2, -0.15) is 0 Å². The van der Waals surface area contributed by atoms with Crippen LogP contribution < -0.4 is 5.32 Å². The van der Waals surface area contributed by atoms with Crippen molar-refractivity contribution in [2.75, 3.05) is 19.6 Å². The lowest BCUT2D eigenvalue weighted by atomic mass is 10.2. The fraction of sp³-hybridized carbons (Fsp3) is 0.750. The summed E-state index contributed by atoms with van der Waals surface area (Å²) in [6.45, 7) is 8.84. The van der Waals surface area contributed by atoms with Gasteiger partial charge in [-0.15, -0.1) is 0 Å². The van der Waals surface area contributed by atoms with E-state index in [9.17, 15) is 4.79 Å². The summed E-state index contributed by atoms with van der Waals surface area (Å²) in [4.78, 5) is 13.8. The molecule has 0 aliphatic carbocycles. The average Bonchev–Trinajstić information content (AvgIpc) is 2.54. The molecule has 1 fully saturated rings. The van der Waals surface area contributed by atoms with Crippen molar-refractivity contribution in [2.24, 2.45) is 0 Å². The molecule has 1 saturated heterocycles. The van der Waals surface area contributed by atoms with Gasteiger partial charge in [0, 0.05) is 13.1 Å². The Morgan fingerprint density at radius 3 is 2.93 bits per heavy atom. The number of amides is 1. The minimum atomic E-state index is 0.0653. The van der Waals surface area contributed by atoms with E-state index in [1.165, 1.54) is 5.57 Å². The summed E-state index contributed by atoms with van der Waals surface area (Å²) >= 11 is 0. The Morgan fingerprint density at radius 1 is 1.60 bits per heavy atom. The molecule has 0 radical (unpaired) electrons. The number of hydrogen-bond donors (Lipinski definition) is 1. The molecular formula is C12H22N2O. The molecule has 0 aromatic carbocycles. The Morgan fingerprint density at radius 2 is 2.33 bits per heavy atom. The molecule has 1 amide bonds. The predicted molar refractivity (Wildman–Crippen MR) is 62.7 cm³/mol. The summed E-state index contributed by atoms with van der Waals surface area (Å²) < 4.78 is 0. The molecule has 1 atom stereocenters. The van der Waals surface area contributed by atoms with E-state index in [0.29, 0.717) is 0 Å². The van der Waals surface area contributed by atoms with Crippen LogP contribution in [0, 0.1) is 0 Å². The summed E-state index contributed by atoms with van der Waals surface area (Å²) in [6, 6.07) is 0.0653. The van der Waals surface area contributed by atoms with Crippen molar-refractivity contribution in [3.63, 3.8) is 0 Å². The number of nitrogens with one attached hydrogen (secondary N) is 1. The summed E-state index contributed by atoms with van der Waals surface area (Å²) in [5.41, 5.74) is 1.27. The highest BCUT2D eigenvalue weighted by Gasteiger charge is 2.29. The van der Waals surface area contributed by atoms with Gasteiger partial charge in [0.2, 0.25) is 5.91 Å². The van der Waals surface area contributed by atoms with Crippen LogP contribution in [0.15, 0.2) is 11.6 Å². The van der Waals surface area contributed by atoms with E-state index in [1.54, 1.807) is 0 Å². The van der Waals surface area contributed by atoms with Crippen molar-refractivity contribution >= 4 is 5.91 Å². The van der Waals surface area contributed by atoms with Gasteiger partial charge in [0.05, 0.1) is 6.04 Å². The quantitative estimate of drug-likeness (QED) is 0.698. The van der Waals surface area contributed by atoms with Crippen molar-refractivity contribution in [2.45, 2.75) is 39.7 Å². The molecule has 3 nitrogen and oxygen atoms in total. The number of rotatable bonds is 5. The first-order chi connectivity index (χ1) is 7.15. The zero-order valence-corrected chi connectivity index (χ0v) is 10.0. The monoisotopic (exact) mass is 210 g/mol. The standard InChI is InChI=1S/C12H22N2O/c1-4-7-13-11-6-9-14(12(11)15)8-5-10(2)3/h5,11,13H,4,6-9H2,1-3H3. The second-order valence-corrected chi connectivity index (χ2v) is 4.36. The molecule has 0 spiro atoms. The SMILES string of the molecule is CCCNC1CCN(CC=C(C)C)C1=O. The summed E-state index contributed by atoms with van der Waals surface area (Å²) in [7, 11) is 0. The highest BCUT2D eigenvalue weighted by molar-refractivity contribution is 5.84. The molecule has 1 aliphatic heterocycles. The zero-order chi connectivity index (χ0) is 11.3. The lowest BCUT2D eigenvalue weighted by Gasteiger charge is -2.15. The van der Waals surface area contributed by atoms with E-state index in [4.69, 9.17) is 0 Å². The van der Waals surface area contributed by atoms with E-state index in [1.807, 2.05) is 4.90 Å². The maximum atomic E-state index is 11.9. The van der Waals surface area contributed by atoms with Gasteiger partial charge in [-0.1, -0.05) is 18.6 Å². The summed E-state index contributed by atoms with van der Waals surface area (Å²) in [5.74, 6) is 0.265. The first-order valence-corrected chi connectivity index (χ1v) is 5.80. The Bertz CT molecular complexity index is 244. The number of hydrogen-bond acceptors (Lipinski definition) is 2. The molecule has 3 heteroatoms. The molecule has 1 rings (SSSR count). The molecule has 15 heavy (non-hydrogen) atoms. The number of nitrogens with zero attached hydrogens (tertiary/aromatic N) is 1. The van der Waals surface area contributed by atoms with Crippen LogP contribution in [-0.4, -0.2) is 36.5 Å². The third-order valence-electron chi connectivity index (χ3n) is 2.66. The van der Waals surface area contributed by atoms with Gasteiger partial charge in [0.25, 0.3) is 0 Å². The molecule has 1 aliphatic rings. The minimum Gasteiger partial charge on any atom is -0.338 e. The summed E-state index contributed by atoms with van der Waals surface area (Å²) in [6.07, 6.45) is 4.15. The van der Waals surface area contributed by atoms with Crippen LogP contribution in [0.4, 0.5) is 0 Å². The summed E-state index contributed by atoms with van der Waals surface area (Å²) in [5, 5.41) is 3.29. The minimum absolute atomic E-state index is 0.0653. The third kappa shape index (κ3) is 3.67. The number of likely N-dealkylation sites (tertiary alicyclic amines) is 1. The van der Waals surface area contributed by atoms with Crippen LogP contribution in [0.1, 0.15) is 33.6 Å². The van der Waals surface area contributed by atoms with Gasteiger partial charge in [-0.05, 0) is 33.2 Å². The molecule has 1 unspecified atom stereocenters. The highest BCUT2D eigenvalue weighted by atomic mass is 16.2. The lowest BCUT2D eigenvalue weighted by Crippen LogP contribution is -2.38. The van der Waals surface area contributed by atoms with Crippen molar-refractivity contribution in [3.8, 4) is 0 Å². The van der Waals surface area contributed by atoms with Crippen molar-refractivity contribution in [1.29, 1.82) is 0 Å². The molecule has 86 valence electrons. The van der Waals surface area contributed by atoms with Gasteiger partial charge in [-0.25, -0.2) is 0 Å². The predicted octanol–water partition coefficient (Wildman–Crippen LogP) is 1.55. The van der Waals surface area contributed by atoms with Crippen LogP contribution in [0.25, 0.3) is 0 Å². The van der Waals surface area contributed by atoms with Crippen molar-refractivity contribution < 1.29 is 4.79 Å². The normalized spacial score (nSPS) is 20.9. The van der Waals surface area contributed by atoms with Crippen LogP contribution in [0.5, 0.6) is 0 Å². The molecule has 0 saturated carbocycles. The van der Waals surface area contributed by atoms with Crippen LogP contribution in [0.2, 0.25) is 0 Å². The van der Waals surface area contributed by atoms with Gasteiger partial charge >= 0.3 is 0 Å². The van der Waals surface area contributed by atoms with E-state index in [2.05, 4.69) is 32.2 Å². The molecular weight excluding hydrogens is 188 g/mol. The third-order valence-corrected chi connectivity index (χ3v) is 2.66. The van der Waals surface area contributed by atoms with E-state index < -0.39 is 0 Å². The maximum absolute atomic E-state index is 11.9. The second-order valence-electron chi connectivity index (χ2n) is 4.36. The Hall–Kier alpha value is -0.830. The number of carbonyl (C=O) groups is 1. The van der Waals surface area contributed by atoms with Gasteiger partial charge in [0.15, 0.2) is 0 Å². The van der Waals surface area contributed by atoms with E-state index in [-0.39, 0.29) is 11.9 Å². The van der Waals surface area contributed by atoms with Gasteiger partial charge < -0.3 is 10.2 Å². The fourth-order valence-electron chi connectivity index (χ4n) is 1.72. The van der Waals surface area contributed by atoms with E-state index in [0.717, 1.165) is 32.5 Å². The number of carbonyl (C=O) groups excluding carboxylic acids is 1. The zero-order valence-electron chi connectivity index (χ0n) is 10.0. The Kier molecular flexibility index (Phi) is 4.82. The first kappa shape index (κ1) is 12.2. The molecule has 0 bridgehead atoms. The Labute approximate surface area is 92.5 Å². The second kappa shape index (κ2) is 5.91. The van der Waals surface area contributed by atoms with Crippen LogP contribution >= 0.6 is 0 Å². The molecule has 1 heterocycles. The topological polar surface area (TPSA) is 32.3 Å². The smallest absolute Gasteiger partial charge is 0.240 e. The average molecular weight is 210 g/mol. The molecule has 0 aromatic rings. The highest BCUT2D eigenvalue weighted by Crippen LogP contribution is 2.11. The number of allylic oxidation sites excluding steroid dienone is 1. The lowest BCUT2D eigenvalue weighted by molar-refractivity contribution is -0.128. The van der Waals surface area contributed by atoms with Crippen molar-refractivity contribution in [3.05, 3.63) is 11.6 Å². The van der Waals surface area contributed by atoms with Gasteiger partial charge in [-0.3, -0.25) is 4.79 Å².